The lowest BCUT2D eigenvalue weighted by Crippen LogP contribution is -2.49. The van der Waals surface area contributed by atoms with Gasteiger partial charge in [-0.25, -0.2) is 0 Å². The lowest BCUT2D eigenvalue weighted by atomic mass is 9.90. The first-order valence-electron chi connectivity index (χ1n) is 7.62. The fourth-order valence-corrected chi connectivity index (χ4v) is 3.05. The molecular weight excluding hydrogens is 262 g/mol. The molecule has 0 bridgehead atoms. The van der Waals surface area contributed by atoms with E-state index in [2.05, 4.69) is 23.3 Å². The largest absolute Gasteiger partial charge is 0.381 e. The molecule has 4 nitrogen and oxygen atoms in total. The normalized spacial score (nSPS) is 21.7. The second kappa shape index (κ2) is 7.56. The van der Waals surface area contributed by atoms with Gasteiger partial charge in [-0.1, -0.05) is 30.3 Å². The summed E-state index contributed by atoms with van der Waals surface area (Å²) in [5, 5.41) is 12.9. The summed E-state index contributed by atoms with van der Waals surface area (Å²) in [7, 11) is 3.94. The van der Waals surface area contributed by atoms with Crippen molar-refractivity contribution in [1.29, 1.82) is 5.26 Å². The molecule has 0 amide bonds. The minimum Gasteiger partial charge on any atom is -0.381 e. The van der Waals surface area contributed by atoms with Crippen LogP contribution in [0.5, 0.6) is 0 Å². The maximum Gasteiger partial charge on any atom is 0.144 e. The van der Waals surface area contributed by atoms with Crippen LogP contribution in [0.15, 0.2) is 30.3 Å². The van der Waals surface area contributed by atoms with Gasteiger partial charge in [0.15, 0.2) is 0 Å². The van der Waals surface area contributed by atoms with Crippen LogP contribution < -0.4 is 5.32 Å². The molecule has 0 saturated carbocycles. The third kappa shape index (κ3) is 4.04. The molecule has 1 saturated heterocycles. The number of nitrogens with one attached hydrogen (secondary N) is 1. The fraction of sp³-hybridized carbons (Fsp3) is 0.588. The van der Waals surface area contributed by atoms with Crippen molar-refractivity contribution in [3.8, 4) is 6.07 Å². The Labute approximate surface area is 127 Å². The molecule has 2 atom stereocenters. The second-order valence-electron chi connectivity index (χ2n) is 5.91. The average molecular weight is 287 g/mol. The first-order chi connectivity index (χ1) is 10.2. The third-order valence-electron chi connectivity index (χ3n) is 4.22. The molecule has 1 fully saturated rings. The van der Waals surface area contributed by atoms with Crippen LogP contribution in [-0.2, 0) is 10.3 Å². The van der Waals surface area contributed by atoms with Gasteiger partial charge in [-0.3, -0.25) is 5.32 Å². The summed E-state index contributed by atoms with van der Waals surface area (Å²) < 4.78 is 5.54. The molecule has 2 rings (SSSR count). The summed E-state index contributed by atoms with van der Waals surface area (Å²) in [6.07, 6.45) is 2.36. The molecule has 1 N–H and O–H groups in total. The van der Waals surface area contributed by atoms with Gasteiger partial charge in [0.25, 0.3) is 0 Å². The molecule has 0 aromatic heterocycles. The Bertz CT molecular complexity index is 465. The van der Waals surface area contributed by atoms with Gasteiger partial charge in [-0.2, -0.15) is 5.26 Å². The van der Waals surface area contributed by atoms with Crippen LogP contribution in [0.25, 0.3) is 0 Å². The smallest absolute Gasteiger partial charge is 0.144 e. The summed E-state index contributed by atoms with van der Waals surface area (Å²) in [6, 6.07) is 12.4. The Morgan fingerprint density at radius 2 is 2.19 bits per heavy atom. The number of likely N-dealkylation sites (N-methyl/N-ethyl adjacent to an activating group) is 2. The fourth-order valence-electron chi connectivity index (χ4n) is 3.05. The highest BCUT2D eigenvalue weighted by molar-refractivity contribution is 5.31. The van der Waals surface area contributed by atoms with Crippen LogP contribution in [0.4, 0.5) is 0 Å². The summed E-state index contributed by atoms with van der Waals surface area (Å²) in [6.45, 7) is 3.37. The standard InChI is InChI=1S/C17H25N3O/c1-19-17(13-18,16-8-4-3-5-9-16)14-20(2)11-15-7-6-10-21-12-15/h3-5,8-9,15,19H,6-7,10-12,14H2,1-2H3. The Kier molecular flexibility index (Phi) is 5.75. The molecule has 0 spiro atoms. The Hall–Kier alpha value is -1.41. The van der Waals surface area contributed by atoms with Crippen molar-refractivity contribution in [3.63, 3.8) is 0 Å². The molecule has 114 valence electrons. The highest BCUT2D eigenvalue weighted by Crippen LogP contribution is 2.22. The summed E-state index contributed by atoms with van der Waals surface area (Å²) >= 11 is 0. The van der Waals surface area contributed by atoms with E-state index < -0.39 is 5.54 Å². The topological polar surface area (TPSA) is 48.3 Å². The number of ether oxygens (including phenoxy) is 1. The van der Waals surface area contributed by atoms with Crippen molar-refractivity contribution in [3.05, 3.63) is 35.9 Å². The van der Waals surface area contributed by atoms with Gasteiger partial charge in [0.2, 0.25) is 0 Å². The van der Waals surface area contributed by atoms with Gasteiger partial charge in [-0.15, -0.1) is 0 Å². The van der Waals surface area contributed by atoms with E-state index in [1.165, 1.54) is 6.42 Å². The van der Waals surface area contributed by atoms with Gasteiger partial charge in [0.1, 0.15) is 5.54 Å². The zero-order chi connectivity index (χ0) is 15.1. The number of rotatable bonds is 6. The predicted octanol–water partition coefficient (Wildman–Crippen LogP) is 1.98. The molecule has 4 heteroatoms. The van der Waals surface area contributed by atoms with Crippen LogP contribution >= 0.6 is 0 Å². The van der Waals surface area contributed by atoms with Crippen LogP contribution in [0, 0.1) is 17.2 Å². The van der Waals surface area contributed by atoms with E-state index in [0.717, 1.165) is 31.7 Å². The molecule has 1 aromatic carbocycles. The highest BCUT2D eigenvalue weighted by Gasteiger charge is 2.32. The number of hydrogen-bond acceptors (Lipinski definition) is 4. The van der Waals surface area contributed by atoms with Crippen molar-refractivity contribution in [2.45, 2.75) is 18.4 Å². The van der Waals surface area contributed by atoms with Crippen LogP contribution in [0.1, 0.15) is 18.4 Å². The lowest BCUT2D eigenvalue weighted by molar-refractivity contribution is 0.0397. The minimum atomic E-state index is -0.661. The van der Waals surface area contributed by atoms with E-state index in [1.54, 1.807) is 0 Å². The van der Waals surface area contributed by atoms with Crippen molar-refractivity contribution >= 4 is 0 Å². The summed E-state index contributed by atoms with van der Waals surface area (Å²) in [4.78, 5) is 2.24. The van der Waals surface area contributed by atoms with E-state index in [4.69, 9.17) is 4.74 Å². The van der Waals surface area contributed by atoms with E-state index >= 15 is 0 Å². The van der Waals surface area contributed by atoms with E-state index in [1.807, 2.05) is 37.4 Å². The molecule has 2 unspecified atom stereocenters. The molecule has 0 aliphatic carbocycles. The Morgan fingerprint density at radius 1 is 1.43 bits per heavy atom. The Balaban J connectivity index is 2.04. The van der Waals surface area contributed by atoms with E-state index in [-0.39, 0.29) is 0 Å². The number of benzene rings is 1. The van der Waals surface area contributed by atoms with Crippen LogP contribution in [-0.4, -0.2) is 45.3 Å². The van der Waals surface area contributed by atoms with Gasteiger partial charge < -0.3 is 9.64 Å². The second-order valence-corrected chi connectivity index (χ2v) is 5.91. The van der Waals surface area contributed by atoms with E-state index in [9.17, 15) is 5.26 Å². The maximum atomic E-state index is 9.72. The molecular formula is C17H25N3O. The van der Waals surface area contributed by atoms with Gasteiger partial charge in [0, 0.05) is 19.7 Å². The SMILES string of the molecule is CNC(C#N)(CN(C)CC1CCCOC1)c1ccccc1. The first-order valence-corrected chi connectivity index (χ1v) is 7.62. The van der Waals surface area contributed by atoms with Crippen molar-refractivity contribution in [2.24, 2.45) is 5.92 Å². The molecule has 1 heterocycles. The molecule has 1 aromatic rings. The Morgan fingerprint density at radius 3 is 2.76 bits per heavy atom. The molecule has 21 heavy (non-hydrogen) atoms. The quantitative estimate of drug-likeness (QED) is 0.869. The number of nitrogens with zero attached hydrogens (tertiary/aromatic N) is 2. The van der Waals surface area contributed by atoms with Crippen LogP contribution in [0.3, 0.4) is 0 Å². The number of hydrogen-bond donors (Lipinski definition) is 1. The summed E-state index contributed by atoms with van der Waals surface area (Å²) in [5.41, 5.74) is 0.354. The number of nitriles is 1. The maximum absolute atomic E-state index is 9.72. The van der Waals surface area contributed by atoms with Crippen molar-refractivity contribution in [2.75, 3.05) is 40.4 Å². The van der Waals surface area contributed by atoms with Crippen molar-refractivity contribution < 1.29 is 4.74 Å². The monoisotopic (exact) mass is 287 g/mol. The van der Waals surface area contributed by atoms with Crippen LogP contribution in [0.2, 0.25) is 0 Å². The van der Waals surface area contributed by atoms with Gasteiger partial charge in [0.05, 0.1) is 12.7 Å². The lowest BCUT2D eigenvalue weighted by Gasteiger charge is -2.34. The molecule has 1 aliphatic heterocycles. The minimum absolute atomic E-state index is 0.577. The van der Waals surface area contributed by atoms with Crippen molar-refractivity contribution in [1.82, 2.24) is 10.2 Å². The predicted molar refractivity (Wildman–Crippen MR) is 83.8 cm³/mol. The van der Waals surface area contributed by atoms with Gasteiger partial charge in [-0.05, 0) is 38.4 Å². The zero-order valence-corrected chi connectivity index (χ0v) is 13.0. The average Bonchev–Trinajstić information content (AvgIpc) is 2.54. The zero-order valence-electron chi connectivity index (χ0n) is 13.0. The highest BCUT2D eigenvalue weighted by atomic mass is 16.5. The molecule has 1 aliphatic rings. The van der Waals surface area contributed by atoms with Gasteiger partial charge >= 0.3 is 0 Å². The third-order valence-corrected chi connectivity index (χ3v) is 4.22. The first kappa shape index (κ1) is 16.0. The van der Waals surface area contributed by atoms with E-state index in [0.29, 0.717) is 12.5 Å². The summed E-state index contributed by atoms with van der Waals surface area (Å²) in [5.74, 6) is 0.577. The molecule has 0 radical (unpaired) electrons.